The summed E-state index contributed by atoms with van der Waals surface area (Å²) < 4.78 is 1.12. The Kier molecular flexibility index (Phi) is 4.16. The lowest BCUT2D eigenvalue weighted by atomic mass is 9.84. The Labute approximate surface area is 98.3 Å². The van der Waals surface area contributed by atoms with Crippen molar-refractivity contribution in [2.75, 3.05) is 0 Å². The Bertz CT molecular complexity index is 295. The first-order chi connectivity index (χ1) is 6.49. The van der Waals surface area contributed by atoms with E-state index in [1.165, 1.54) is 4.88 Å². The Morgan fingerprint density at radius 2 is 2.21 bits per heavy atom. The Morgan fingerprint density at radius 3 is 2.57 bits per heavy atom. The molecule has 0 aliphatic heterocycles. The summed E-state index contributed by atoms with van der Waals surface area (Å²) >= 11 is 5.20. The van der Waals surface area contributed by atoms with Gasteiger partial charge in [0.2, 0.25) is 0 Å². The molecule has 3 heteroatoms. The van der Waals surface area contributed by atoms with Crippen LogP contribution in [-0.2, 0) is 6.42 Å². The van der Waals surface area contributed by atoms with Gasteiger partial charge in [-0.15, -0.1) is 11.3 Å². The van der Waals surface area contributed by atoms with Gasteiger partial charge in [-0.05, 0) is 39.7 Å². The maximum atomic E-state index is 10.4. The second-order valence-corrected chi connectivity index (χ2v) is 5.84. The molecule has 1 atom stereocenters. The Hall–Kier alpha value is 0.140. The second kappa shape index (κ2) is 4.77. The number of hydrogen-bond acceptors (Lipinski definition) is 2. The van der Waals surface area contributed by atoms with Gasteiger partial charge in [-0.1, -0.05) is 20.8 Å². The molecule has 0 aliphatic carbocycles. The molecular weight excluding hydrogens is 260 g/mol. The van der Waals surface area contributed by atoms with Crippen molar-refractivity contribution in [3.8, 4) is 0 Å². The summed E-state index contributed by atoms with van der Waals surface area (Å²) in [6, 6.07) is 2.04. The lowest BCUT2D eigenvalue weighted by Gasteiger charge is -2.30. The monoisotopic (exact) mass is 276 g/mol. The van der Waals surface area contributed by atoms with Crippen molar-refractivity contribution in [1.29, 1.82) is 0 Å². The zero-order valence-corrected chi connectivity index (χ0v) is 11.3. The molecule has 0 saturated carbocycles. The lowest BCUT2D eigenvalue weighted by Crippen LogP contribution is -2.36. The third-order valence-corrected chi connectivity index (χ3v) is 4.77. The number of halogens is 1. The summed E-state index contributed by atoms with van der Waals surface area (Å²) in [6.07, 6.45) is 1.55. The molecule has 1 N–H and O–H groups in total. The van der Waals surface area contributed by atoms with Crippen LogP contribution in [0.25, 0.3) is 0 Å². The first-order valence-electron chi connectivity index (χ1n) is 4.94. The van der Waals surface area contributed by atoms with Crippen molar-refractivity contribution in [2.45, 2.75) is 39.2 Å². The fourth-order valence-electron chi connectivity index (χ4n) is 1.47. The second-order valence-electron chi connectivity index (χ2n) is 3.98. The van der Waals surface area contributed by atoms with E-state index in [0.29, 0.717) is 5.92 Å². The van der Waals surface area contributed by atoms with Gasteiger partial charge in [-0.25, -0.2) is 0 Å². The molecule has 0 fully saturated rings. The molecule has 1 aromatic heterocycles. The minimum atomic E-state index is -0.562. The van der Waals surface area contributed by atoms with Crippen LogP contribution >= 0.6 is 27.3 Å². The first-order valence-corrected chi connectivity index (χ1v) is 6.61. The van der Waals surface area contributed by atoms with Crippen LogP contribution < -0.4 is 0 Å². The zero-order valence-electron chi connectivity index (χ0n) is 8.88. The van der Waals surface area contributed by atoms with Gasteiger partial charge in [0, 0.05) is 15.8 Å². The topological polar surface area (TPSA) is 20.2 Å². The van der Waals surface area contributed by atoms with Crippen LogP contribution in [0.15, 0.2) is 15.9 Å². The van der Waals surface area contributed by atoms with Gasteiger partial charge < -0.3 is 5.11 Å². The average molecular weight is 277 g/mol. The van der Waals surface area contributed by atoms with Gasteiger partial charge in [0.05, 0.1) is 5.60 Å². The van der Waals surface area contributed by atoms with E-state index in [2.05, 4.69) is 35.2 Å². The first kappa shape index (κ1) is 12.2. The molecule has 0 spiro atoms. The largest absolute Gasteiger partial charge is 0.389 e. The normalized spacial score (nSPS) is 15.9. The summed E-state index contributed by atoms with van der Waals surface area (Å²) in [5, 5.41) is 12.4. The summed E-state index contributed by atoms with van der Waals surface area (Å²) in [4.78, 5) is 1.24. The van der Waals surface area contributed by atoms with Crippen LogP contribution in [-0.4, -0.2) is 10.7 Å². The molecule has 0 saturated heterocycles. The van der Waals surface area contributed by atoms with Crippen LogP contribution in [0.4, 0.5) is 0 Å². The maximum absolute atomic E-state index is 10.4. The molecular formula is C11H17BrOS. The van der Waals surface area contributed by atoms with E-state index in [1.54, 1.807) is 11.3 Å². The van der Waals surface area contributed by atoms with Crippen LogP contribution in [0.5, 0.6) is 0 Å². The van der Waals surface area contributed by atoms with Crippen LogP contribution in [0.1, 0.15) is 32.1 Å². The molecule has 80 valence electrons. The third-order valence-electron chi connectivity index (χ3n) is 2.84. The minimum Gasteiger partial charge on any atom is -0.389 e. The van der Waals surface area contributed by atoms with E-state index in [-0.39, 0.29) is 0 Å². The summed E-state index contributed by atoms with van der Waals surface area (Å²) in [5.74, 6) is 0.293. The Balaban J connectivity index is 2.80. The molecule has 1 aromatic rings. The predicted molar refractivity (Wildman–Crippen MR) is 65.8 cm³/mol. The van der Waals surface area contributed by atoms with Gasteiger partial charge in [-0.2, -0.15) is 0 Å². The SMILES string of the molecule is CCC(O)(Cc1sccc1Br)C(C)C. The quantitative estimate of drug-likeness (QED) is 0.886. The Morgan fingerprint density at radius 1 is 1.57 bits per heavy atom. The van der Waals surface area contributed by atoms with Crippen molar-refractivity contribution in [3.63, 3.8) is 0 Å². The van der Waals surface area contributed by atoms with E-state index in [0.717, 1.165) is 17.3 Å². The van der Waals surface area contributed by atoms with Gasteiger partial charge in [-0.3, -0.25) is 0 Å². The molecule has 0 radical (unpaired) electrons. The van der Waals surface area contributed by atoms with Crippen LogP contribution in [0.3, 0.4) is 0 Å². The molecule has 0 aliphatic rings. The maximum Gasteiger partial charge on any atom is 0.0716 e. The molecule has 0 amide bonds. The molecule has 0 aromatic carbocycles. The number of hydrogen-bond donors (Lipinski definition) is 1. The highest BCUT2D eigenvalue weighted by atomic mass is 79.9. The van der Waals surface area contributed by atoms with Crippen molar-refractivity contribution in [3.05, 3.63) is 20.8 Å². The third kappa shape index (κ3) is 2.59. The molecule has 14 heavy (non-hydrogen) atoms. The van der Waals surface area contributed by atoms with E-state index in [1.807, 2.05) is 13.0 Å². The van der Waals surface area contributed by atoms with Crippen LogP contribution in [0.2, 0.25) is 0 Å². The summed E-state index contributed by atoms with van der Waals surface area (Å²) in [5.41, 5.74) is -0.562. The van der Waals surface area contributed by atoms with E-state index >= 15 is 0 Å². The number of aliphatic hydroxyl groups is 1. The molecule has 1 rings (SSSR count). The lowest BCUT2D eigenvalue weighted by molar-refractivity contribution is -0.00771. The zero-order chi connectivity index (χ0) is 10.8. The molecule has 1 nitrogen and oxygen atoms in total. The molecule has 1 heterocycles. The molecule has 1 unspecified atom stereocenters. The predicted octanol–water partition coefficient (Wildman–Crippen LogP) is 3.85. The summed E-state index contributed by atoms with van der Waals surface area (Å²) in [7, 11) is 0. The average Bonchev–Trinajstić information content (AvgIpc) is 2.51. The molecule has 0 bridgehead atoms. The van der Waals surface area contributed by atoms with Gasteiger partial charge in [0.25, 0.3) is 0 Å². The fraction of sp³-hybridized carbons (Fsp3) is 0.636. The van der Waals surface area contributed by atoms with E-state index in [4.69, 9.17) is 0 Å². The number of thiophene rings is 1. The van der Waals surface area contributed by atoms with Gasteiger partial charge in [0.1, 0.15) is 0 Å². The highest BCUT2D eigenvalue weighted by molar-refractivity contribution is 9.10. The van der Waals surface area contributed by atoms with Crippen molar-refractivity contribution < 1.29 is 5.11 Å². The highest BCUT2D eigenvalue weighted by Crippen LogP contribution is 2.31. The highest BCUT2D eigenvalue weighted by Gasteiger charge is 2.30. The standard InChI is InChI=1S/C11H17BrOS/c1-4-11(13,8(2)3)7-10-9(12)5-6-14-10/h5-6,8,13H,4,7H2,1-3H3. The minimum absolute atomic E-state index is 0.293. The van der Waals surface area contributed by atoms with Gasteiger partial charge >= 0.3 is 0 Å². The smallest absolute Gasteiger partial charge is 0.0716 e. The van der Waals surface area contributed by atoms with Crippen molar-refractivity contribution in [2.24, 2.45) is 5.92 Å². The number of rotatable bonds is 4. The fourth-order valence-corrected chi connectivity index (χ4v) is 3.08. The van der Waals surface area contributed by atoms with Gasteiger partial charge in [0.15, 0.2) is 0 Å². The van der Waals surface area contributed by atoms with Crippen molar-refractivity contribution in [1.82, 2.24) is 0 Å². The van der Waals surface area contributed by atoms with E-state index < -0.39 is 5.60 Å². The van der Waals surface area contributed by atoms with Crippen LogP contribution in [0, 0.1) is 5.92 Å². The van der Waals surface area contributed by atoms with Crippen molar-refractivity contribution >= 4 is 27.3 Å². The van der Waals surface area contributed by atoms with E-state index in [9.17, 15) is 5.11 Å². The summed E-state index contributed by atoms with van der Waals surface area (Å²) in [6.45, 7) is 6.19.